The molecule has 0 aliphatic rings. The fraction of sp³-hybridized carbons (Fsp3) is 0.333. The number of carbonyl (C=O) groups excluding carboxylic acids is 2. The van der Waals surface area contributed by atoms with E-state index in [0.717, 1.165) is 10.0 Å². The minimum Gasteiger partial charge on any atom is -0.368 e. The molecule has 0 saturated heterocycles. The van der Waals surface area contributed by atoms with Gasteiger partial charge in [0.1, 0.15) is 0 Å². The summed E-state index contributed by atoms with van der Waals surface area (Å²) in [6.07, 6.45) is 0. The summed E-state index contributed by atoms with van der Waals surface area (Å²) in [5.74, 6) is -0.707. The number of likely N-dealkylation sites (N-methyl/N-ethyl adjacent to an activating group) is 1. The second-order valence-electron chi connectivity index (χ2n) is 3.77. The van der Waals surface area contributed by atoms with Gasteiger partial charge < -0.3 is 10.6 Å². The molecule has 0 bridgehead atoms. The largest absolute Gasteiger partial charge is 0.368 e. The van der Waals surface area contributed by atoms with Crippen molar-refractivity contribution in [3.63, 3.8) is 0 Å². The number of rotatable bonds is 4. The van der Waals surface area contributed by atoms with E-state index >= 15 is 0 Å². The van der Waals surface area contributed by atoms with Gasteiger partial charge in [0.2, 0.25) is 5.91 Å². The summed E-state index contributed by atoms with van der Waals surface area (Å²) < 4.78 is 0.727. The molecule has 1 aromatic rings. The van der Waals surface area contributed by atoms with Gasteiger partial charge in [0, 0.05) is 11.0 Å². The molecule has 1 aromatic carbocycles. The van der Waals surface area contributed by atoms with Crippen LogP contribution in [-0.2, 0) is 4.79 Å². The van der Waals surface area contributed by atoms with Crippen molar-refractivity contribution in [1.82, 2.24) is 4.90 Å². The summed E-state index contributed by atoms with van der Waals surface area (Å²) in [6.45, 7) is 4.14. The van der Waals surface area contributed by atoms with Crippen LogP contribution >= 0.6 is 15.9 Å². The monoisotopic (exact) mass is 298 g/mol. The van der Waals surface area contributed by atoms with Crippen LogP contribution in [0.3, 0.4) is 0 Å². The molecule has 0 heterocycles. The SMILES string of the molecule is CCN(CC(N)=O)C(=O)c1ccc(C)cc1Br. The molecule has 0 fully saturated rings. The van der Waals surface area contributed by atoms with Crippen LogP contribution in [-0.4, -0.2) is 29.8 Å². The van der Waals surface area contributed by atoms with Gasteiger partial charge in [-0.2, -0.15) is 0 Å². The highest BCUT2D eigenvalue weighted by Crippen LogP contribution is 2.19. The van der Waals surface area contributed by atoms with Gasteiger partial charge in [-0.05, 0) is 47.5 Å². The molecule has 2 amide bonds. The van der Waals surface area contributed by atoms with E-state index in [1.807, 2.05) is 26.0 Å². The van der Waals surface area contributed by atoms with Crippen molar-refractivity contribution in [1.29, 1.82) is 0 Å². The Morgan fingerprint density at radius 2 is 2.06 bits per heavy atom. The summed E-state index contributed by atoms with van der Waals surface area (Å²) in [7, 11) is 0. The van der Waals surface area contributed by atoms with Crippen LogP contribution < -0.4 is 5.73 Å². The van der Waals surface area contributed by atoms with Gasteiger partial charge in [-0.1, -0.05) is 6.07 Å². The highest BCUT2D eigenvalue weighted by molar-refractivity contribution is 9.10. The predicted molar refractivity (Wildman–Crippen MR) is 69.7 cm³/mol. The Morgan fingerprint density at radius 3 is 2.53 bits per heavy atom. The first-order valence-corrected chi connectivity index (χ1v) is 6.08. The molecule has 92 valence electrons. The molecule has 2 N–H and O–H groups in total. The molecule has 0 aliphatic heterocycles. The van der Waals surface area contributed by atoms with Gasteiger partial charge in [0.25, 0.3) is 5.91 Å². The van der Waals surface area contributed by atoms with Crippen LogP contribution in [0.5, 0.6) is 0 Å². The molecule has 0 saturated carbocycles. The van der Waals surface area contributed by atoms with E-state index in [9.17, 15) is 9.59 Å². The topological polar surface area (TPSA) is 63.4 Å². The fourth-order valence-corrected chi connectivity index (χ4v) is 2.14. The van der Waals surface area contributed by atoms with Crippen molar-refractivity contribution in [3.8, 4) is 0 Å². The minimum atomic E-state index is -0.511. The van der Waals surface area contributed by atoms with Crippen LogP contribution in [0.2, 0.25) is 0 Å². The first-order chi connectivity index (χ1) is 7.95. The minimum absolute atomic E-state index is 0.0599. The van der Waals surface area contributed by atoms with Gasteiger partial charge >= 0.3 is 0 Å². The number of halogens is 1. The maximum atomic E-state index is 12.1. The third kappa shape index (κ3) is 3.56. The maximum Gasteiger partial charge on any atom is 0.255 e. The van der Waals surface area contributed by atoms with Gasteiger partial charge in [0.15, 0.2) is 0 Å². The average molecular weight is 299 g/mol. The van der Waals surface area contributed by atoms with E-state index in [2.05, 4.69) is 15.9 Å². The normalized spacial score (nSPS) is 10.1. The first-order valence-electron chi connectivity index (χ1n) is 5.29. The summed E-state index contributed by atoms with van der Waals surface area (Å²) in [6, 6.07) is 5.47. The second-order valence-corrected chi connectivity index (χ2v) is 4.62. The molecule has 0 atom stereocenters. The second kappa shape index (κ2) is 5.82. The van der Waals surface area contributed by atoms with Crippen molar-refractivity contribution < 1.29 is 9.59 Å². The lowest BCUT2D eigenvalue weighted by Gasteiger charge is -2.19. The lowest BCUT2D eigenvalue weighted by atomic mass is 10.1. The molecule has 0 unspecified atom stereocenters. The summed E-state index contributed by atoms with van der Waals surface area (Å²) in [5, 5.41) is 0. The Morgan fingerprint density at radius 1 is 1.41 bits per heavy atom. The molecule has 0 radical (unpaired) electrons. The van der Waals surface area contributed by atoms with Gasteiger partial charge in [-0.25, -0.2) is 0 Å². The van der Waals surface area contributed by atoms with Gasteiger partial charge in [-0.3, -0.25) is 9.59 Å². The number of primary amides is 1. The molecule has 1 rings (SSSR count). The zero-order chi connectivity index (χ0) is 13.0. The molecule has 17 heavy (non-hydrogen) atoms. The molecule has 4 nitrogen and oxygen atoms in total. The highest BCUT2D eigenvalue weighted by atomic mass is 79.9. The van der Waals surface area contributed by atoms with E-state index in [-0.39, 0.29) is 12.5 Å². The van der Waals surface area contributed by atoms with E-state index in [0.29, 0.717) is 12.1 Å². The quantitative estimate of drug-likeness (QED) is 0.920. The molecular weight excluding hydrogens is 284 g/mol. The van der Waals surface area contributed by atoms with E-state index < -0.39 is 5.91 Å². The third-order valence-electron chi connectivity index (χ3n) is 2.37. The Labute approximate surface area is 109 Å². The average Bonchev–Trinajstić information content (AvgIpc) is 2.24. The Balaban J connectivity index is 2.97. The van der Waals surface area contributed by atoms with Crippen molar-refractivity contribution >= 4 is 27.7 Å². The highest BCUT2D eigenvalue weighted by Gasteiger charge is 2.18. The number of carbonyl (C=O) groups is 2. The molecule has 0 spiro atoms. The smallest absolute Gasteiger partial charge is 0.255 e. The van der Waals surface area contributed by atoms with Crippen molar-refractivity contribution in [2.45, 2.75) is 13.8 Å². The molecule has 5 heteroatoms. The lowest BCUT2D eigenvalue weighted by molar-refractivity contribution is -0.118. The lowest BCUT2D eigenvalue weighted by Crippen LogP contribution is -2.38. The van der Waals surface area contributed by atoms with Crippen LogP contribution in [0.4, 0.5) is 0 Å². The van der Waals surface area contributed by atoms with Gasteiger partial charge in [0.05, 0.1) is 12.1 Å². The number of benzene rings is 1. The summed E-state index contributed by atoms with van der Waals surface area (Å²) in [4.78, 5) is 24.4. The van der Waals surface area contributed by atoms with Crippen LogP contribution in [0, 0.1) is 6.92 Å². The first kappa shape index (κ1) is 13.7. The summed E-state index contributed by atoms with van der Waals surface area (Å²) in [5.41, 5.74) is 6.70. The standard InChI is InChI=1S/C12H15BrN2O2/c1-3-15(7-11(14)16)12(17)9-5-4-8(2)6-10(9)13/h4-6H,3,7H2,1-2H3,(H2,14,16). The van der Waals surface area contributed by atoms with E-state index in [1.165, 1.54) is 4.90 Å². The Hall–Kier alpha value is -1.36. The van der Waals surface area contributed by atoms with Crippen molar-refractivity contribution in [3.05, 3.63) is 33.8 Å². The number of amides is 2. The number of hydrogen-bond acceptors (Lipinski definition) is 2. The molecular formula is C12H15BrN2O2. The molecule has 0 aromatic heterocycles. The fourth-order valence-electron chi connectivity index (χ4n) is 1.48. The van der Waals surface area contributed by atoms with Crippen molar-refractivity contribution in [2.75, 3.05) is 13.1 Å². The zero-order valence-corrected chi connectivity index (χ0v) is 11.5. The number of nitrogens with zero attached hydrogens (tertiary/aromatic N) is 1. The third-order valence-corrected chi connectivity index (χ3v) is 3.03. The van der Waals surface area contributed by atoms with Crippen molar-refractivity contribution in [2.24, 2.45) is 5.73 Å². The predicted octanol–water partition coefficient (Wildman–Crippen LogP) is 1.70. The number of hydrogen-bond donors (Lipinski definition) is 1. The summed E-state index contributed by atoms with van der Waals surface area (Å²) >= 11 is 3.35. The van der Waals surface area contributed by atoms with Crippen LogP contribution in [0.1, 0.15) is 22.8 Å². The molecule has 0 aliphatic carbocycles. The van der Waals surface area contributed by atoms with Crippen LogP contribution in [0.15, 0.2) is 22.7 Å². The number of nitrogens with two attached hydrogens (primary N) is 1. The maximum absolute atomic E-state index is 12.1. The van der Waals surface area contributed by atoms with E-state index in [1.54, 1.807) is 6.07 Å². The Kier molecular flexibility index (Phi) is 4.69. The Bertz CT molecular complexity index is 446. The van der Waals surface area contributed by atoms with Gasteiger partial charge in [-0.15, -0.1) is 0 Å². The van der Waals surface area contributed by atoms with Crippen LogP contribution in [0.25, 0.3) is 0 Å². The zero-order valence-electron chi connectivity index (χ0n) is 9.87. The number of aryl methyl sites for hydroxylation is 1. The van der Waals surface area contributed by atoms with E-state index in [4.69, 9.17) is 5.73 Å².